The quantitative estimate of drug-likeness (QED) is 0.366. The second-order valence-electron chi connectivity index (χ2n) is 5.94. The van der Waals surface area contributed by atoms with Gasteiger partial charge in [0.15, 0.2) is 0 Å². The van der Waals surface area contributed by atoms with Gasteiger partial charge in [0.1, 0.15) is 12.4 Å². The number of hydrogen-bond donors (Lipinski definition) is 1. The smallest absolute Gasteiger partial charge is 0.338 e. The number of carbonyl (C=O) groups excluding carboxylic acids is 1. The largest absolute Gasteiger partial charge is 0.462 e. The molecule has 26 heavy (non-hydrogen) atoms. The molecule has 0 spiro atoms. The number of esters is 1. The molecule has 1 aromatic heterocycles. The van der Waals surface area contributed by atoms with Crippen LogP contribution in [0.15, 0.2) is 41.9 Å². The Hall–Kier alpha value is -3.23. The van der Waals surface area contributed by atoms with Crippen molar-refractivity contribution in [3.63, 3.8) is 0 Å². The van der Waals surface area contributed by atoms with Gasteiger partial charge in [-0.15, -0.1) is 0 Å². The fourth-order valence-corrected chi connectivity index (χ4v) is 2.86. The SMILES string of the molecule is CCCCOC(=O)C1=C(C)Nc2ncnn2[C@@H]1c1cccc([N+](=O)[O-])c1. The predicted molar refractivity (Wildman–Crippen MR) is 93.4 cm³/mol. The molecule has 0 unspecified atom stereocenters. The molecule has 0 fully saturated rings. The molecule has 9 heteroatoms. The zero-order chi connectivity index (χ0) is 18.7. The van der Waals surface area contributed by atoms with E-state index in [0.29, 0.717) is 29.4 Å². The molecule has 2 aromatic rings. The highest BCUT2D eigenvalue weighted by molar-refractivity contribution is 5.92. The molecule has 0 aliphatic carbocycles. The Balaban J connectivity index is 2.05. The van der Waals surface area contributed by atoms with Gasteiger partial charge < -0.3 is 10.1 Å². The molecule has 1 aromatic carbocycles. The van der Waals surface area contributed by atoms with Crippen molar-refractivity contribution in [1.29, 1.82) is 0 Å². The highest BCUT2D eigenvalue weighted by atomic mass is 16.6. The fraction of sp³-hybridized carbons (Fsp3) is 0.353. The van der Waals surface area contributed by atoms with Crippen LogP contribution in [0.4, 0.5) is 11.6 Å². The minimum atomic E-state index is -0.650. The van der Waals surface area contributed by atoms with Crippen molar-refractivity contribution < 1.29 is 14.5 Å². The molecule has 0 saturated carbocycles. The molecule has 1 N–H and O–H groups in total. The minimum Gasteiger partial charge on any atom is -0.462 e. The van der Waals surface area contributed by atoms with E-state index >= 15 is 0 Å². The number of nitro groups is 1. The summed E-state index contributed by atoms with van der Waals surface area (Å²) in [6.45, 7) is 4.07. The van der Waals surface area contributed by atoms with Gasteiger partial charge in [0, 0.05) is 17.8 Å². The van der Waals surface area contributed by atoms with Crippen LogP contribution in [-0.4, -0.2) is 32.3 Å². The maximum Gasteiger partial charge on any atom is 0.338 e. The predicted octanol–water partition coefficient (Wildman–Crippen LogP) is 2.82. The van der Waals surface area contributed by atoms with Gasteiger partial charge in [-0.05, 0) is 18.9 Å². The molecule has 1 atom stereocenters. The molecule has 0 radical (unpaired) electrons. The maximum atomic E-state index is 12.7. The zero-order valence-corrected chi connectivity index (χ0v) is 14.5. The molecule has 2 heterocycles. The Morgan fingerprint density at radius 1 is 1.46 bits per heavy atom. The normalized spacial score (nSPS) is 16.0. The summed E-state index contributed by atoms with van der Waals surface area (Å²) >= 11 is 0. The van der Waals surface area contributed by atoms with E-state index in [9.17, 15) is 14.9 Å². The number of benzene rings is 1. The molecule has 1 aliphatic rings. The first-order valence-corrected chi connectivity index (χ1v) is 8.31. The number of rotatable bonds is 6. The van der Waals surface area contributed by atoms with Crippen molar-refractivity contribution in [2.24, 2.45) is 0 Å². The average Bonchev–Trinajstić information content (AvgIpc) is 3.08. The van der Waals surface area contributed by atoms with Crippen LogP contribution in [0.1, 0.15) is 38.3 Å². The van der Waals surface area contributed by atoms with Gasteiger partial charge in [0.2, 0.25) is 5.95 Å². The van der Waals surface area contributed by atoms with Gasteiger partial charge in [-0.2, -0.15) is 10.1 Å². The van der Waals surface area contributed by atoms with Gasteiger partial charge in [-0.3, -0.25) is 10.1 Å². The van der Waals surface area contributed by atoms with E-state index < -0.39 is 16.9 Å². The molecular weight excluding hydrogens is 338 g/mol. The molecule has 9 nitrogen and oxygen atoms in total. The fourth-order valence-electron chi connectivity index (χ4n) is 2.86. The lowest BCUT2D eigenvalue weighted by Crippen LogP contribution is -2.29. The summed E-state index contributed by atoms with van der Waals surface area (Å²) in [7, 11) is 0. The Bertz CT molecular complexity index is 874. The topological polar surface area (TPSA) is 112 Å². The first-order chi connectivity index (χ1) is 12.5. The second-order valence-corrected chi connectivity index (χ2v) is 5.94. The lowest BCUT2D eigenvalue weighted by atomic mass is 9.95. The number of nitro benzene ring substituents is 1. The van der Waals surface area contributed by atoms with Crippen molar-refractivity contribution in [2.45, 2.75) is 32.7 Å². The summed E-state index contributed by atoms with van der Waals surface area (Å²) in [4.78, 5) is 27.5. The number of allylic oxidation sites excluding steroid dienone is 1. The lowest BCUT2D eigenvalue weighted by molar-refractivity contribution is -0.384. The van der Waals surface area contributed by atoms with E-state index in [-0.39, 0.29) is 5.69 Å². The van der Waals surface area contributed by atoms with Crippen molar-refractivity contribution in [3.8, 4) is 0 Å². The summed E-state index contributed by atoms with van der Waals surface area (Å²) < 4.78 is 6.91. The van der Waals surface area contributed by atoms with Crippen LogP contribution in [0.2, 0.25) is 0 Å². The van der Waals surface area contributed by atoms with Gasteiger partial charge in [0.25, 0.3) is 5.69 Å². The number of nitrogens with one attached hydrogen (secondary N) is 1. The van der Waals surface area contributed by atoms with Crippen LogP contribution < -0.4 is 5.32 Å². The number of non-ortho nitro benzene ring substituents is 1. The van der Waals surface area contributed by atoms with Crippen LogP contribution in [0.5, 0.6) is 0 Å². The van der Waals surface area contributed by atoms with Crippen LogP contribution in [-0.2, 0) is 9.53 Å². The molecule has 0 bridgehead atoms. The van der Waals surface area contributed by atoms with E-state index in [0.717, 1.165) is 12.8 Å². The number of unbranched alkanes of at least 4 members (excludes halogenated alkanes) is 1. The number of carbonyl (C=O) groups is 1. The van der Waals surface area contributed by atoms with Gasteiger partial charge in [-0.1, -0.05) is 25.5 Å². The monoisotopic (exact) mass is 357 g/mol. The molecule has 0 amide bonds. The third-order valence-corrected chi connectivity index (χ3v) is 4.14. The second kappa shape index (κ2) is 7.34. The summed E-state index contributed by atoms with van der Waals surface area (Å²) in [6.07, 6.45) is 3.04. The van der Waals surface area contributed by atoms with E-state index in [1.807, 2.05) is 6.92 Å². The standard InChI is InChI=1S/C17H19N5O4/c1-3-4-8-26-16(23)14-11(2)20-17-18-10-19-21(17)15(14)12-6-5-7-13(9-12)22(24)25/h5-7,9-10,15H,3-4,8H2,1-2H3,(H,18,19,20)/t15-/m1/s1. The van der Waals surface area contributed by atoms with E-state index in [1.165, 1.54) is 23.1 Å². The van der Waals surface area contributed by atoms with E-state index in [1.54, 1.807) is 19.1 Å². The number of hydrogen-bond acceptors (Lipinski definition) is 7. The highest BCUT2D eigenvalue weighted by Gasteiger charge is 2.34. The number of fused-ring (bicyclic) bond motifs is 1. The lowest BCUT2D eigenvalue weighted by Gasteiger charge is -2.28. The van der Waals surface area contributed by atoms with Crippen molar-refractivity contribution in [1.82, 2.24) is 14.8 Å². The maximum absolute atomic E-state index is 12.7. The van der Waals surface area contributed by atoms with Crippen LogP contribution in [0, 0.1) is 10.1 Å². The number of nitrogens with zero attached hydrogens (tertiary/aromatic N) is 4. The Morgan fingerprint density at radius 2 is 2.27 bits per heavy atom. The third-order valence-electron chi connectivity index (χ3n) is 4.14. The summed E-state index contributed by atoms with van der Waals surface area (Å²) in [5.41, 5.74) is 1.45. The van der Waals surface area contributed by atoms with Crippen molar-refractivity contribution >= 4 is 17.6 Å². The first-order valence-electron chi connectivity index (χ1n) is 8.31. The van der Waals surface area contributed by atoms with Gasteiger partial charge >= 0.3 is 5.97 Å². The van der Waals surface area contributed by atoms with E-state index in [4.69, 9.17) is 4.74 Å². The molecule has 3 rings (SSSR count). The number of anilines is 1. The zero-order valence-electron chi connectivity index (χ0n) is 14.5. The number of ether oxygens (including phenoxy) is 1. The summed E-state index contributed by atoms with van der Waals surface area (Å²) in [6, 6.07) is 5.50. The van der Waals surface area contributed by atoms with Crippen molar-refractivity contribution in [2.75, 3.05) is 11.9 Å². The average molecular weight is 357 g/mol. The molecular formula is C17H19N5O4. The van der Waals surface area contributed by atoms with Crippen LogP contribution in [0.3, 0.4) is 0 Å². The molecule has 0 saturated heterocycles. The van der Waals surface area contributed by atoms with Gasteiger partial charge in [-0.25, -0.2) is 9.48 Å². The van der Waals surface area contributed by atoms with Crippen LogP contribution in [0.25, 0.3) is 0 Å². The number of aromatic nitrogens is 3. The highest BCUT2D eigenvalue weighted by Crippen LogP contribution is 2.36. The molecule has 136 valence electrons. The van der Waals surface area contributed by atoms with Crippen LogP contribution >= 0.6 is 0 Å². The summed E-state index contributed by atoms with van der Waals surface area (Å²) in [5.74, 6) is -0.00906. The van der Waals surface area contributed by atoms with Gasteiger partial charge in [0.05, 0.1) is 17.1 Å². The molecule has 1 aliphatic heterocycles. The van der Waals surface area contributed by atoms with Crippen molar-refractivity contribution in [3.05, 3.63) is 57.5 Å². The summed E-state index contributed by atoms with van der Waals surface area (Å²) in [5, 5.41) is 18.4. The Kier molecular flexibility index (Phi) is 4.97. The first kappa shape index (κ1) is 17.6. The minimum absolute atomic E-state index is 0.0564. The third kappa shape index (κ3) is 3.28. The Labute approximate surface area is 149 Å². The Morgan fingerprint density at radius 3 is 3.00 bits per heavy atom. The van der Waals surface area contributed by atoms with E-state index in [2.05, 4.69) is 15.4 Å².